The average Bonchev–Trinajstić information content (AvgIpc) is 3.54. The molecule has 0 radical (unpaired) electrons. The van der Waals surface area contributed by atoms with Crippen LogP contribution in [-0.2, 0) is 25.5 Å². The van der Waals surface area contributed by atoms with Crippen LogP contribution >= 0.6 is 39.3 Å². The van der Waals surface area contributed by atoms with Crippen molar-refractivity contribution in [2.75, 3.05) is 24.7 Å². The summed E-state index contributed by atoms with van der Waals surface area (Å²) in [5.74, 6) is -2.47. The van der Waals surface area contributed by atoms with E-state index in [-0.39, 0.29) is 41.6 Å². The van der Waals surface area contributed by atoms with E-state index in [2.05, 4.69) is 22.5 Å². The summed E-state index contributed by atoms with van der Waals surface area (Å²) >= 11 is 11.9. The number of alkyl halides is 1. The number of para-hydroxylation sites is 1. The Kier molecular flexibility index (Phi) is 8.66. The predicted molar refractivity (Wildman–Crippen MR) is 161 cm³/mol. The highest BCUT2D eigenvalue weighted by molar-refractivity contribution is 9.09. The summed E-state index contributed by atoms with van der Waals surface area (Å²) in [5, 5.41) is 10.8. The van der Waals surface area contributed by atoms with Crippen LogP contribution in [-0.4, -0.2) is 74.5 Å². The number of anilines is 1. The van der Waals surface area contributed by atoms with Gasteiger partial charge in [0, 0.05) is 16.6 Å². The second kappa shape index (κ2) is 11.9. The molecule has 3 unspecified atom stereocenters. The van der Waals surface area contributed by atoms with Gasteiger partial charge in [-0.2, -0.15) is 0 Å². The van der Waals surface area contributed by atoms with Gasteiger partial charge in [-0.15, -0.1) is 18.3 Å². The van der Waals surface area contributed by atoms with Crippen LogP contribution in [0.1, 0.15) is 18.9 Å². The fourth-order valence-corrected chi connectivity index (χ4v) is 10.5. The van der Waals surface area contributed by atoms with Gasteiger partial charge >= 0.3 is 5.97 Å². The lowest BCUT2D eigenvalue weighted by Gasteiger charge is -2.40. The maximum Gasteiger partial charge on any atom is 0.310 e. The number of esters is 1. The van der Waals surface area contributed by atoms with Crippen LogP contribution in [0.4, 0.5) is 5.69 Å². The van der Waals surface area contributed by atoms with E-state index in [1.807, 2.05) is 30.3 Å². The fourth-order valence-electron chi connectivity index (χ4n) is 6.64. The molecule has 5 rings (SSSR count). The average molecular weight is 648 g/mol. The molecule has 7 nitrogen and oxygen atoms in total. The molecular weight excluding hydrogens is 616 g/mol. The predicted octanol–water partition coefficient (Wildman–Crippen LogP) is 4.49. The van der Waals surface area contributed by atoms with Gasteiger partial charge in [-0.1, -0.05) is 76.1 Å². The lowest BCUT2D eigenvalue weighted by molar-refractivity contribution is -0.154. The number of benzene rings is 2. The molecule has 0 aliphatic carbocycles. The fraction of sp³-hybridized carbons (Fsp3) is 0.433. The molecule has 2 amide bonds. The number of nitrogens with zero attached hydrogens (tertiary/aromatic N) is 2. The summed E-state index contributed by atoms with van der Waals surface area (Å²) in [7, 11) is 0. The van der Waals surface area contributed by atoms with Gasteiger partial charge in [0.25, 0.3) is 5.91 Å². The standard InChI is InChI=1S/C30H32BrClN2O5S/c1-3-14-33(22-13-9-8-12-21(22)32)28(37)26-30-16-20(31)25(40-30)23(29(38)39-4-2)24(30)27(36)34(26)19(17-35)15-18-10-6-5-7-11-18/h3,5-13,19-20,23-26,35H,1,4,14-17H2,2H3/t19-,20?,23-,24+,25-,26?,30?/m1/s1. The Balaban J connectivity index is 1.64. The number of aliphatic hydroxyl groups is 1. The molecule has 3 heterocycles. The first-order valence-corrected chi connectivity index (χ1v) is 15.6. The first kappa shape index (κ1) is 29.2. The molecule has 1 N–H and O–H groups in total. The molecule has 3 saturated heterocycles. The van der Waals surface area contributed by atoms with Crippen LogP contribution < -0.4 is 4.90 Å². The zero-order valence-electron chi connectivity index (χ0n) is 22.1. The number of carbonyl (C=O) groups is 3. The van der Waals surface area contributed by atoms with Crippen LogP contribution in [0.3, 0.4) is 0 Å². The first-order chi connectivity index (χ1) is 19.3. The van der Waals surface area contributed by atoms with E-state index in [1.54, 1.807) is 47.1 Å². The number of thioether (sulfide) groups is 1. The molecule has 0 aromatic heterocycles. The van der Waals surface area contributed by atoms with Gasteiger partial charge in [-0.25, -0.2) is 0 Å². The smallest absolute Gasteiger partial charge is 0.310 e. The lowest BCUT2D eigenvalue weighted by atomic mass is 9.71. The van der Waals surface area contributed by atoms with Crippen LogP contribution in [0.15, 0.2) is 67.3 Å². The number of likely N-dealkylation sites (tertiary alicyclic amines) is 1. The Labute approximate surface area is 252 Å². The van der Waals surface area contributed by atoms with Crippen LogP contribution in [0.2, 0.25) is 5.02 Å². The van der Waals surface area contributed by atoms with Crippen molar-refractivity contribution < 1.29 is 24.2 Å². The van der Waals surface area contributed by atoms with Gasteiger partial charge in [0.2, 0.25) is 5.91 Å². The van der Waals surface area contributed by atoms with Gasteiger partial charge in [0.1, 0.15) is 6.04 Å². The minimum atomic E-state index is -0.934. The van der Waals surface area contributed by atoms with E-state index in [4.69, 9.17) is 16.3 Å². The number of amides is 2. The van der Waals surface area contributed by atoms with Crippen molar-refractivity contribution in [3.05, 3.63) is 77.8 Å². The molecule has 3 aliphatic heterocycles. The molecule has 3 fully saturated rings. The topological polar surface area (TPSA) is 87.2 Å². The number of ether oxygens (including phenoxy) is 1. The highest BCUT2D eigenvalue weighted by atomic mass is 79.9. The van der Waals surface area contributed by atoms with E-state index in [9.17, 15) is 19.5 Å². The minimum Gasteiger partial charge on any atom is -0.466 e. The number of carbonyl (C=O) groups excluding carboxylic acids is 3. The maximum absolute atomic E-state index is 14.8. The van der Waals surface area contributed by atoms with Crippen molar-refractivity contribution in [2.45, 2.75) is 46.7 Å². The van der Waals surface area contributed by atoms with E-state index >= 15 is 0 Å². The second-order valence-electron chi connectivity index (χ2n) is 10.4. The van der Waals surface area contributed by atoms with Crippen molar-refractivity contribution in [2.24, 2.45) is 11.8 Å². The summed E-state index contributed by atoms with van der Waals surface area (Å²) < 4.78 is 4.57. The Morgan fingerprint density at radius 2 is 1.98 bits per heavy atom. The van der Waals surface area contributed by atoms with Crippen molar-refractivity contribution >= 4 is 62.8 Å². The molecule has 40 heavy (non-hydrogen) atoms. The Morgan fingerprint density at radius 3 is 2.62 bits per heavy atom. The normalized spacial score (nSPS) is 29.2. The number of hydrogen-bond donors (Lipinski definition) is 1. The summed E-state index contributed by atoms with van der Waals surface area (Å²) in [4.78, 5) is 45.5. The molecule has 7 atom stereocenters. The van der Waals surface area contributed by atoms with Crippen molar-refractivity contribution in [1.29, 1.82) is 0 Å². The molecule has 1 spiro atoms. The molecule has 10 heteroatoms. The van der Waals surface area contributed by atoms with Crippen molar-refractivity contribution in [3.63, 3.8) is 0 Å². The number of rotatable bonds is 10. The van der Waals surface area contributed by atoms with E-state index in [0.717, 1.165) is 5.56 Å². The van der Waals surface area contributed by atoms with Gasteiger partial charge in [-0.05, 0) is 37.5 Å². The third-order valence-corrected chi connectivity index (χ3v) is 11.7. The molecule has 2 aromatic carbocycles. The highest BCUT2D eigenvalue weighted by Crippen LogP contribution is 2.68. The van der Waals surface area contributed by atoms with Gasteiger partial charge in [-0.3, -0.25) is 14.4 Å². The van der Waals surface area contributed by atoms with Crippen molar-refractivity contribution in [1.82, 2.24) is 4.90 Å². The summed E-state index contributed by atoms with van der Waals surface area (Å²) in [5.41, 5.74) is 1.45. The van der Waals surface area contributed by atoms with Crippen molar-refractivity contribution in [3.8, 4) is 0 Å². The highest BCUT2D eigenvalue weighted by Gasteiger charge is 2.76. The number of aliphatic hydroxyl groups excluding tert-OH is 1. The Bertz CT molecular complexity index is 1300. The summed E-state index contributed by atoms with van der Waals surface area (Å²) in [6.07, 6.45) is 2.51. The number of fused-ring (bicyclic) bond motifs is 1. The quantitative estimate of drug-likeness (QED) is 0.232. The second-order valence-corrected chi connectivity index (χ2v) is 13.5. The first-order valence-electron chi connectivity index (χ1n) is 13.4. The third-order valence-electron chi connectivity index (χ3n) is 8.16. The largest absolute Gasteiger partial charge is 0.466 e. The minimum absolute atomic E-state index is 0.0823. The molecule has 3 aliphatic rings. The monoisotopic (exact) mass is 646 g/mol. The van der Waals surface area contributed by atoms with Gasteiger partial charge in [0.15, 0.2) is 0 Å². The molecule has 0 saturated carbocycles. The van der Waals surface area contributed by atoms with E-state index < -0.39 is 34.6 Å². The Hall–Kier alpha value is -2.33. The summed E-state index contributed by atoms with van der Waals surface area (Å²) in [6, 6.07) is 15.0. The van der Waals surface area contributed by atoms with Gasteiger partial charge < -0.3 is 19.6 Å². The van der Waals surface area contributed by atoms with Crippen LogP contribution in [0.5, 0.6) is 0 Å². The molecular formula is C30H32BrClN2O5S. The zero-order valence-corrected chi connectivity index (χ0v) is 25.3. The zero-order chi connectivity index (χ0) is 28.6. The van der Waals surface area contributed by atoms with E-state index in [0.29, 0.717) is 23.6 Å². The number of halogens is 2. The SMILES string of the molecule is C=CCN(C(=O)C1N([C@@H](CO)Cc2ccccc2)C(=O)[C@@H]2[C@@H](C(=O)OCC)[C@@H]3SC12CC3Br)c1ccccc1Cl. The number of hydrogen-bond acceptors (Lipinski definition) is 6. The van der Waals surface area contributed by atoms with E-state index in [1.165, 1.54) is 11.8 Å². The molecule has 2 aromatic rings. The molecule has 212 valence electrons. The molecule has 2 bridgehead atoms. The maximum atomic E-state index is 14.8. The van der Waals surface area contributed by atoms with Gasteiger partial charge in [0.05, 0.1) is 46.5 Å². The summed E-state index contributed by atoms with van der Waals surface area (Å²) in [6.45, 7) is 5.64. The Morgan fingerprint density at radius 1 is 1.27 bits per heavy atom. The lowest BCUT2D eigenvalue weighted by Crippen LogP contribution is -2.58. The van der Waals surface area contributed by atoms with Crippen LogP contribution in [0.25, 0.3) is 0 Å². The third kappa shape index (κ3) is 4.78. The van der Waals surface area contributed by atoms with Crippen LogP contribution in [0, 0.1) is 11.8 Å².